The summed E-state index contributed by atoms with van der Waals surface area (Å²) in [7, 11) is 0. The first-order chi connectivity index (χ1) is 11.2. The molecule has 120 valence electrons. The second-order valence-electron chi connectivity index (χ2n) is 5.60. The highest BCUT2D eigenvalue weighted by Crippen LogP contribution is 2.22. The highest BCUT2D eigenvalue weighted by Gasteiger charge is 2.24. The van der Waals surface area contributed by atoms with E-state index in [1.807, 2.05) is 41.8 Å². The van der Waals surface area contributed by atoms with Gasteiger partial charge in [-0.3, -0.25) is 9.59 Å². The maximum atomic E-state index is 12.7. The lowest BCUT2D eigenvalue weighted by Gasteiger charge is -2.20. The molecule has 1 aliphatic rings. The first-order valence-electron chi connectivity index (χ1n) is 7.85. The summed E-state index contributed by atoms with van der Waals surface area (Å²) < 4.78 is 7.31. The Morgan fingerprint density at radius 2 is 2.17 bits per heavy atom. The molecule has 0 spiro atoms. The molecule has 23 heavy (non-hydrogen) atoms. The van der Waals surface area contributed by atoms with Crippen molar-refractivity contribution in [3.63, 3.8) is 0 Å². The van der Waals surface area contributed by atoms with Gasteiger partial charge >= 0.3 is 0 Å². The number of amides is 1. The highest BCUT2D eigenvalue weighted by atomic mass is 16.5. The van der Waals surface area contributed by atoms with Crippen molar-refractivity contribution in [2.45, 2.75) is 32.5 Å². The maximum Gasteiger partial charge on any atom is 0.253 e. The van der Waals surface area contributed by atoms with Gasteiger partial charge in [-0.2, -0.15) is 0 Å². The van der Waals surface area contributed by atoms with Gasteiger partial charge in [0.25, 0.3) is 5.91 Å². The van der Waals surface area contributed by atoms with Crippen LogP contribution in [-0.4, -0.2) is 23.4 Å². The van der Waals surface area contributed by atoms with Crippen molar-refractivity contribution in [1.29, 1.82) is 0 Å². The molecular formula is C18H20N2O3. The fourth-order valence-electron chi connectivity index (χ4n) is 2.99. The second kappa shape index (κ2) is 6.79. The molecular weight excluding hydrogens is 292 g/mol. The summed E-state index contributed by atoms with van der Waals surface area (Å²) in [5.41, 5.74) is 2.91. The Balaban J connectivity index is 1.86. The topological polar surface area (TPSA) is 60.3 Å². The molecule has 2 heterocycles. The van der Waals surface area contributed by atoms with E-state index in [9.17, 15) is 9.59 Å². The minimum atomic E-state index is -0.164. The molecule has 0 unspecified atom stereocenters. The van der Waals surface area contributed by atoms with Gasteiger partial charge in [0, 0.05) is 6.54 Å². The molecule has 3 rings (SSSR count). The van der Waals surface area contributed by atoms with Gasteiger partial charge in [0.15, 0.2) is 6.29 Å². The number of fused-ring (bicyclic) bond motifs is 1. The summed E-state index contributed by atoms with van der Waals surface area (Å²) in [5, 5.41) is 3.06. The molecule has 1 atom stereocenters. The van der Waals surface area contributed by atoms with Gasteiger partial charge in [0.2, 0.25) is 0 Å². The van der Waals surface area contributed by atoms with Crippen molar-refractivity contribution in [1.82, 2.24) is 9.88 Å². The zero-order valence-electron chi connectivity index (χ0n) is 13.1. The predicted molar refractivity (Wildman–Crippen MR) is 86.4 cm³/mol. The first-order valence-corrected chi connectivity index (χ1v) is 7.85. The number of aldehydes is 1. The SMILES string of the molecule is CC[C@@H](NC(=O)c1cc(C=O)n2c1COCC2)c1ccccc1. The van der Waals surface area contributed by atoms with E-state index in [1.54, 1.807) is 6.07 Å². The lowest BCUT2D eigenvalue weighted by Crippen LogP contribution is -2.29. The standard InChI is InChI=1S/C18H20N2O3/c1-2-16(13-6-4-3-5-7-13)19-18(22)15-10-14(11-21)20-8-9-23-12-17(15)20/h3-7,10-11,16H,2,8-9,12H2,1H3,(H,19,22)/t16-/m1/s1. The summed E-state index contributed by atoms with van der Waals surface area (Å²) in [4.78, 5) is 23.9. The Morgan fingerprint density at radius 3 is 2.87 bits per heavy atom. The predicted octanol–water partition coefficient (Wildman–Crippen LogP) is 2.71. The fourth-order valence-corrected chi connectivity index (χ4v) is 2.99. The van der Waals surface area contributed by atoms with Crippen LogP contribution in [0.1, 0.15) is 51.5 Å². The molecule has 1 N–H and O–H groups in total. The Labute approximate surface area is 135 Å². The zero-order valence-corrected chi connectivity index (χ0v) is 13.1. The summed E-state index contributed by atoms with van der Waals surface area (Å²) >= 11 is 0. The van der Waals surface area contributed by atoms with E-state index in [1.165, 1.54) is 0 Å². The highest BCUT2D eigenvalue weighted by molar-refractivity contribution is 5.97. The van der Waals surface area contributed by atoms with Crippen molar-refractivity contribution in [3.05, 3.63) is 58.9 Å². The number of aromatic nitrogens is 1. The van der Waals surface area contributed by atoms with Crippen LogP contribution in [0, 0.1) is 0 Å². The number of hydrogen-bond acceptors (Lipinski definition) is 3. The second-order valence-corrected chi connectivity index (χ2v) is 5.60. The van der Waals surface area contributed by atoms with Crippen LogP contribution in [0.25, 0.3) is 0 Å². The fraction of sp³-hybridized carbons (Fsp3) is 0.333. The van der Waals surface area contributed by atoms with Crippen molar-refractivity contribution < 1.29 is 14.3 Å². The van der Waals surface area contributed by atoms with E-state index in [2.05, 4.69) is 5.32 Å². The third kappa shape index (κ3) is 3.05. The van der Waals surface area contributed by atoms with Gasteiger partial charge in [-0.05, 0) is 18.1 Å². The van der Waals surface area contributed by atoms with Crippen LogP contribution in [0.3, 0.4) is 0 Å². The molecule has 5 nitrogen and oxygen atoms in total. The van der Waals surface area contributed by atoms with Crippen LogP contribution in [0.15, 0.2) is 36.4 Å². The van der Waals surface area contributed by atoms with Crippen LogP contribution >= 0.6 is 0 Å². The van der Waals surface area contributed by atoms with Gasteiger partial charge in [0.1, 0.15) is 0 Å². The lowest BCUT2D eigenvalue weighted by molar-refractivity contribution is 0.0795. The largest absolute Gasteiger partial charge is 0.373 e. The van der Waals surface area contributed by atoms with Crippen LogP contribution in [0.2, 0.25) is 0 Å². The third-order valence-corrected chi connectivity index (χ3v) is 4.22. The molecule has 5 heteroatoms. The molecule has 1 aromatic heterocycles. The van der Waals surface area contributed by atoms with E-state index < -0.39 is 0 Å². The Bertz CT molecular complexity index is 707. The summed E-state index contributed by atoms with van der Waals surface area (Å²) in [5.74, 6) is -0.164. The zero-order chi connectivity index (χ0) is 16.2. The summed E-state index contributed by atoms with van der Waals surface area (Å²) in [6.07, 6.45) is 1.59. The van der Waals surface area contributed by atoms with E-state index in [-0.39, 0.29) is 11.9 Å². The minimum Gasteiger partial charge on any atom is -0.373 e. The van der Waals surface area contributed by atoms with Crippen LogP contribution in [0.4, 0.5) is 0 Å². The van der Waals surface area contributed by atoms with Gasteiger partial charge in [-0.25, -0.2) is 0 Å². The molecule has 1 aromatic carbocycles. The van der Waals surface area contributed by atoms with Crippen molar-refractivity contribution in [3.8, 4) is 0 Å². The normalized spacial score (nSPS) is 14.8. The number of rotatable bonds is 5. The van der Waals surface area contributed by atoms with E-state index in [0.717, 1.165) is 24.0 Å². The molecule has 1 amide bonds. The molecule has 0 fully saturated rings. The van der Waals surface area contributed by atoms with Gasteiger partial charge in [-0.15, -0.1) is 0 Å². The van der Waals surface area contributed by atoms with Gasteiger partial charge in [-0.1, -0.05) is 37.3 Å². The lowest BCUT2D eigenvalue weighted by atomic mass is 10.0. The first kappa shape index (κ1) is 15.5. The Morgan fingerprint density at radius 1 is 1.39 bits per heavy atom. The smallest absolute Gasteiger partial charge is 0.253 e. The third-order valence-electron chi connectivity index (χ3n) is 4.22. The number of nitrogens with one attached hydrogen (secondary N) is 1. The molecule has 1 aliphatic heterocycles. The van der Waals surface area contributed by atoms with Crippen molar-refractivity contribution in [2.75, 3.05) is 6.61 Å². The van der Waals surface area contributed by atoms with Crippen LogP contribution in [0.5, 0.6) is 0 Å². The Hall–Kier alpha value is -2.40. The summed E-state index contributed by atoms with van der Waals surface area (Å²) in [6, 6.07) is 11.5. The van der Waals surface area contributed by atoms with Gasteiger partial charge in [0.05, 0.1) is 36.2 Å². The van der Waals surface area contributed by atoms with Gasteiger partial charge < -0.3 is 14.6 Å². The van der Waals surface area contributed by atoms with Crippen LogP contribution < -0.4 is 5.32 Å². The monoisotopic (exact) mass is 312 g/mol. The van der Waals surface area contributed by atoms with E-state index in [0.29, 0.717) is 31.0 Å². The number of ether oxygens (including phenoxy) is 1. The van der Waals surface area contributed by atoms with E-state index >= 15 is 0 Å². The molecule has 0 bridgehead atoms. The minimum absolute atomic E-state index is 0.0524. The van der Waals surface area contributed by atoms with Crippen LogP contribution in [-0.2, 0) is 17.9 Å². The van der Waals surface area contributed by atoms with E-state index in [4.69, 9.17) is 4.74 Å². The molecule has 2 aromatic rings. The number of carbonyl (C=O) groups is 2. The quantitative estimate of drug-likeness (QED) is 0.864. The number of carbonyl (C=O) groups excluding carboxylic acids is 2. The van der Waals surface area contributed by atoms with Crippen molar-refractivity contribution in [2.24, 2.45) is 0 Å². The number of hydrogen-bond donors (Lipinski definition) is 1. The number of nitrogens with zero attached hydrogens (tertiary/aromatic N) is 1. The molecule has 0 radical (unpaired) electrons. The average Bonchev–Trinajstić information content (AvgIpc) is 2.99. The molecule has 0 saturated carbocycles. The van der Waals surface area contributed by atoms with Crippen molar-refractivity contribution >= 4 is 12.2 Å². The Kier molecular flexibility index (Phi) is 4.57. The average molecular weight is 312 g/mol. The number of benzene rings is 1. The molecule has 0 aliphatic carbocycles. The summed E-state index contributed by atoms with van der Waals surface area (Å²) in [6.45, 7) is 3.56. The molecule has 0 saturated heterocycles. The maximum absolute atomic E-state index is 12.7.